The summed E-state index contributed by atoms with van der Waals surface area (Å²) in [7, 11) is 0. The van der Waals surface area contributed by atoms with Crippen molar-refractivity contribution in [1.29, 1.82) is 0 Å². The van der Waals surface area contributed by atoms with E-state index in [0.717, 1.165) is 33.6 Å². The van der Waals surface area contributed by atoms with Gasteiger partial charge in [-0.1, -0.05) is 12.8 Å². The molecule has 5 nitrogen and oxygen atoms in total. The van der Waals surface area contributed by atoms with Crippen LogP contribution in [-0.2, 0) is 0 Å². The van der Waals surface area contributed by atoms with Gasteiger partial charge in [0.05, 0.1) is 17.0 Å². The van der Waals surface area contributed by atoms with E-state index in [4.69, 9.17) is 0 Å². The Labute approximate surface area is 162 Å². The van der Waals surface area contributed by atoms with Crippen molar-refractivity contribution in [3.63, 3.8) is 0 Å². The third-order valence-electron chi connectivity index (χ3n) is 4.43. The number of amides is 1. The first-order valence-corrected chi connectivity index (χ1v) is 10.8. The Hall–Kier alpha value is -1.51. The minimum Gasteiger partial charge on any atom is -0.346 e. The van der Waals surface area contributed by atoms with Crippen LogP contribution >= 0.6 is 38.6 Å². The van der Waals surface area contributed by atoms with Crippen LogP contribution < -0.4 is 5.32 Å². The molecule has 130 valence electrons. The van der Waals surface area contributed by atoms with Gasteiger partial charge in [-0.3, -0.25) is 9.48 Å². The van der Waals surface area contributed by atoms with Crippen molar-refractivity contribution in [1.82, 2.24) is 20.1 Å². The Balaban J connectivity index is 1.48. The maximum Gasteiger partial charge on any atom is 0.271 e. The lowest BCUT2D eigenvalue weighted by molar-refractivity contribution is 0.0901. The molecule has 4 rings (SSSR count). The Morgan fingerprint density at radius 3 is 2.92 bits per heavy atom. The van der Waals surface area contributed by atoms with Crippen LogP contribution in [0.5, 0.6) is 0 Å². The van der Waals surface area contributed by atoms with Gasteiger partial charge in [0.15, 0.2) is 0 Å². The van der Waals surface area contributed by atoms with Gasteiger partial charge in [-0.2, -0.15) is 5.10 Å². The van der Waals surface area contributed by atoms with Crippen LogP contribution in [-0.4, -0.2) is 26.7 Å². The summed E-state index contributed by atoms with van der Waals surface area (Å²) in [5.41, 5.74) is 0.495. The van der Waals surface area contributed by atoms with Crippen molar-refractivity contribution in [3.8, 4) is 9.88 Å². The normalized spacial score (nSPS) is 20.5. The number of thiophene rings is 1. The molecule has 3 heterocycles. The van der Waals surface area contributed by atoms with Gasteiger partial charge in [0.25, 0.3) is 5.91 Å². The van der Waals surface area contributed by atoms with E-state index < -0.39 is 0 Å². The zero-order valence-electron chi connectivity index (χ0n) is 13.4. The molecule has 0 radical (unpaired) electrons. The second kappa shape index (κ2) is 7.39. The minimum atomic E-state index is -0.0952. The van der Waals surface area contributed by atoms with E-state index in [1.54, 1.807) is 17.5 Å². The van der Waals surface area contributed by atoms with Crippen LogP contribution in [0.15, 0.2) is 39.8 Å². The molecule has 1 saturated carbocycles. The minimum absolute atomic E-state index is 0.0952. The van der Waals surface area contributed by atoms with Gasteiger partial charge in [0, 0.05) is 27.6 Å². The third kappa shape index (κ3) is 3.70. The van der Waals surface area contributed by atoms with Crippen LogP contribution in [0.4, 0.5) is 0 Å². The fourth-order valence-electron chi connectivity index (χ4n) is 3.23. The zero-order valence-corrected chi connectivity index (χ0v) is 16.6. The first kappa shape index (κ1) is 16.9. The quantitative estimate of drug-likeness (QED) is 0.641. The molecule has 0 bridgehead atoms. The number of hydrogen-bond acceptors (Lipinski definition) is 5. The molecular weight excluding hydrogens is 420 g/mol. The molecule has 1 aliphatic rings. The standard InChI is InChI=1S/C17H17BrN4OS2/c18-11-8-15(24-9-11)17-21-13(10-25-17)16(23)20-12-4-1-2-5-14(12)22-7-3-6-19-22/h3,6-10,12,14H,1-2,4-5H2,(H,20,23)/t12-,14+/m0/s1. The molecule has 3 aromatic rings. The maximum absolute atomic E-state index is 12.7. The number of rotatable bonds is 4. The molecule has 8 heteroatoms. The van der Waals surface area contributed by atoms with E-state index in [-0.39, 0.29) is 18.0 Å². The molecule has 0 saturated heterocycles. The van der Waals surface area contributed by atoms with E-state index >= 15 is 0 Å². The van der Waals surface area contributed by atoms with Crippen LogP contribution in [0.2, 0.25) is 0 Å². The summed E-state index contributed by atoms with van der Waals surface area (Å²) in [5.74, 6) is -0.0952. The SMILES string of the molecule is O=C(N[C@H]1CCCC[C@H]1n1cccn1)c1csc(-c2cc(Br)cs2)n1. The molecule has 1 aliphatic carbocycles. The van der Waals surface area contributed by atoms with Gasteiger partial charge >= 0.3 is 0 Å². The number of carbonyl (C=O) groups is 1. The summed E-state index contributed by atoms with van der Waals surface area (Å²) in [6.45, 7) is 0. The van der Waals surface area contributed by atoms with Crippen LogP contribution in [0, 0.1) is 0 Å². The van der Waals surface area contributed by atoms with Crippen molar-refractivity contribution in [2.24, 2.45) is 0 Å². The average Bonchev–Trinajstić information content (AvgIpc) is 3.36. The predicted molar refractivity (Wildman–Crippen MR) is 104 cm³/mol. The number of halogens is 1. The van der Waals surface area contributed by atoms with Crippen LogP contribution in [0.25, 0.3) is 9.88 Å². The average molecular weight is 437 g/mol. The van der Waals surface area contributed by atoms with E-state index in [0.29, 0.717) is 5.69 Å². The lowest BCUT2D eigenvalue weighted by atomic mass is 9.90. The fourth-order valence-corrected chi connectivity index (χ4v) is 5.54. The lowest BCUT2D eigenvalue weighted by Crippen LogP contribution is -2.43. The van der Waals surface area contributed by atoms with Crippen LogP contribution in [0.1, 0.15) is 42.2 Å². The molecule has 1 N–H and O–H groups in total. The molecule has 25 heavy (non-hydrogen) atoms. The first-order chi connectivity index (χ1) is 12.2. The monoisotopic (exact) mass is 436 g/mol. The van der Waals surface area contributed by atoms with Crippen molar-refractivity contribution in [2.75, 3.05) is 0 Å². The topological polar surface area (TPSA) is 59.8 Å². The number of nitrogens with zero attached hydrogens (tertiary/aromatic N) is 3. The number of aromatic nitrogens is 3. The highest BCUT2D eigenvalue weighted by atomic mass is 79.9. The van der Waals surface area contributed by atoms with E-state index in [2.05, 4.69) is 31.3 Å². The Bertz CT molecular complexity index is 858. The second-order valence-electron chi connectivity index (χ2n) is 6.08. The summed E-state index contributed by atoms with van der Waals surface area (Å²) >= 11 is 6.58. The molecule has 1 fully saturated rings. The molecule has 0 aliphatic heterocycles. The van der Waals surface area contributed by atoms with Crippen molar-refractivity contribution in [2.45, 2.75) is 37.8 Å². The largest absolute Gasteiger partial charge is 0.346 e. The number of hydrogen-bond donors (Lipinski definition) is 1. The fraction of sp³-hybridized carbons (Fsp3) is 0.353. The first-order valence-electron chi connectivity index (χ1n) is 8.20. The Morgan fingerprint density at radius 1 is 1.28 bits per heavy atom. The lowest BCUT2D eigenvalue weighted by Gasteiger charge is -2.32. The molecule has 0 aromatic carbocycles. The third-order valence-corrected chi connectivity index (χ3v) is 7.13. The Kier molecular flexibility index (Phi) is 5.00. The number of thiazole rings is 1. The molecule has 2 atom stereocenters. The van der Waals surface area contributed by atoms with Gasteiger partial charge in [-0.05, 0) is 40.9 Å². The summed E-state index contributed by atoms with van der Waals surface area (Å²) < 4.78 is 3.01. The number of carbonyl (C=O) groups excluding carboxylic acids is 1. The predicted octanol–water partition coefficient (Wildman–Crippen LogP) is 4.74. The zero-order chi connectivity index (χ0) is 17.2. The Morgan fingerprint density at radius 2 is 2.16 bits per heavy atom. The molecule has 3 aromatic heterocycles. The summed E-state index contributed by atoms with van der Waals surface area (Å²) in [6, 6.07) is 4.28. The maximum atomic E-state index is 12.7. The molecule has 0 unspecified atom stereocenters. The summed E-state index contributed by atoms with van der Waals surface area (Å²) in [5, 5.41) is 12.3. The molecular formula is C17H17BrN4OS2. The van der Waals surface area contributed by atoms with E-state index in [1.165, 1.54) is 17.8 Å². The van der Waals surface area contributed by atoms with Crippen molar-refractivity contribution >= 4 is 44.5 Å². The van der Waals surface area contributed by atoms with Gasteiger partial charge < -0.3 is 5.32 Å². The number of nitrogens with one attached hydrogen (secondary N) is 1. The van der Waals surface area contributed by atoms with Gasteiger partial charge in [0.1, 0.15) is 10.7 Å². The highest BCUT2D eigenvalue weighted by molar-refractivity contribution is 9.10. The second-order valence-corrected chi connectivity index (χ2v) is 8.77. The van der Waals surface area contributed by atoms with Gasteiger partial charge in [0.2, 0.25) is 0 Å². The van der Waals surface area contributed by atoms with Gasteiger partial charge in [-0.25, -0.2) is 4.98 Å². The highest BCUT2D eigenvalue weighted by Crippen LogP contribution is 2.32. The molecule has 0 spiro atoms. The van der Waals surface area contributed by atoms with E-state index in [1.807, 2.05) is 33.8 Å². The summed E-state index contributed by atoms with van der Waals surface area (Å²) in [6.07, 6.45) is 8.09. The van der Waals surface area contributed by atoms with Crippen LogP contribution in [0.3, 0.4) is 0 Å². The smallest absolute Gasteiger partial charge is 0.271 e. The molecule has 1 amide bonds. The highest BCUT2D eigenvalue weighted by Gasteiger charge is 2.29. The van der Waals surface area contributed by atoms with Crippen molar-refractivity contribution < 1.29 is 4.79 Å². The van der Waals surface area contributed by atoms with E-state index in [9.17, 15) is 4.79 Å². The van der Waals surface area contributed by atoms with Crippen molar-refractivity contribution in [3.05, 3.63) is 45.5 Å². The summed E-state index contributed by atoms with van der Waals surface area (Å²) in [4.78, 5) is 18.3. The van der Waals surface area contributed by atoms with Gasteiger partial charge in [-0.15, -0.1) is 22.7 Å².